The fourth-order valence-electron chi connectivity index (χ4n) is 0.486. The SMILES string of the molecule is COC[C@H](C)N(C)C=N. The van der Waals surface area contributed by atoms with Gasteiger partial charge in [-0.3, -0.25) is 5.41 Å². The number of hydrogen-bond donors (Lipinski definition) is 1. The van der Waals surface area contributed by atoms with Crippen molar-refractivity contribution >= 4 is 6.34 Å². The van der Waals surface area contributed by atoms with Gasteiger partial charge in [-0.2, -0.15) is 0 Å². The Morgan fingerprint density at radius 2 is 2.33 bits per heavy atom. The van der Waals surface area contributed by atoms with Gasteiger partial charge < -0.3 is 9.64 Å². The number of likely N-dealkylation sites (N-methyl/N-ethyl adjacent to an activating group) is 1. The van der Waals surface area contributed by atoms with E-state index in [2.05, 4.69) is 0 Å². The average Bonchev–Trinajstić information content (AvgIpc) is 1.87. The summed E-state index contributed by atoms with van der Waals surface area (Å²) < 4.78 is 4.88. The maximum atomic E-state index is 6.86. The van der Waals surface area contributed by atoms with E-state index in [-0.39, 0.29) is 0 Å². The lowest BCUT2D eigenvalue weighted by Crippen LogP contribution is -2.30. The highest BCUT2D eigenvalue weighted by atomic mass is 16.5. The summed E-state index contributed by atoms with van der Waals surface area (Å²) in [4.78, 5) is 1.80. The lowest BCUT2D eigenvalue weighted by molar-refractivity contribution is 0.147. The maximum absolute atomic E-state index is 6.86. The van der Waals surface area contributed by atoms with Crippen molar-refractivity contribution in [1.82, 2.24) is 4.90 Å². The molecule has 54 valence electrons. The minimum atomic E-state index is 0.299. The molecule has 0 amide bonds. The second-order valence-electron chi connectivity index (χ2n) is 2.10. The van der Waals surface area contributed by atoms with Gasteiger partial charge in [0, 0.05) is 14.2 Å². The topological polar surface area (TPSA) is 36.3 Å². The van der Waals surface area contributed by atoms with Gasteiger partial charge in [0.05, 0.1) is 19.0 Å². The summed E-state index contributed by atoms with van der Waals surface area (Å²) in [6.45, 7) is 2.68. The van der Waals surface area contributed by atoms with Gasteiger partial charge in [0.15, 0.2) is 0 Å². The first-order chi connectivity index (χ1) is 4.22. The standard InChI is InChI=1S/C6H14N2O/c1-6(4-9-3)8(2)5-7/h5-7H,4H2,1-3H3/t6-/m0/s1. The summed E-state index contributed by atoms with van der Waals surface area (Å²) >= 11 is 0. The molecule has 0 aromatic carbocycles. The van der Waals surface area contributed by atoms with E-state index in [1.54, 1.807) is 12.0 Å². The van der Waals surface area contributed by atoms with Gasteiger partial charge in [0.1, 0.15) is 0 Å². The van der Waals surface area contributed by atoms with Crippen molar-refractivity contribution in [3.05, 3.63) is 0 Å². The number of hydrogen-bond acceptors (Lipinski definition) is 2. The lowest BCUT2D eigenvalue weighted by Gasteiger charge is -2.20. The van der Waals surface area contributed by atoms with Gasteiger partial charge in [-0.05, 0) is 6.92 Å². The Morgan fingerprint density at radius 3 is 2.67 bits per heavy atom. The van der Waals surface area contributed by atoms with E-state index in [4.69, 9.17) is 10.1 Å². The van der Waals surface area contributed by atoms with Crippen molar-refractivity contribution < 1.29 is 4.74 Å². The summed E-state index contributed by atoms with van der Waals surface area (Å²) in [6, 6.07) is 0.299. The van der Waals surface area contributed by atoms with Crippen molar-refractivity contribution in [2.45, 2.75) is 13.0 Å². The second-order valence-corrected chi connectivity index (χ2v) is 2.10. The smallest absolute Gasteiger partial charge is 0.0817 e. The van der Waals surface area contributed by atoms with E-state index in [1.165, 1.54) is 6.34 Å². The zero-order valence-electron chi connectivity index (χ0n) is 6.22. The molecular weight excluding hydrogens is 116 g/mol. The van der Waals surface area contributed by atoms with Crippen molar-refractivity contribution in [2.24, 2.45) is 0 Å². The molecule has 0 unspecified atom stereocenters. The molecule has 3 heteroatoms. The highest BCUT2D eigenvalue weighted by Gasteiger charge is 2.02. The maximum Gasteiger partial charge on any atom is 0.0817 e. The Bertz CT molecular complexity index is 85.1. The third kappa shape index (κ3) is 3.08. The Labute approximate surface area is 56.1 Å². The molecule has 0 aliphatic carbocycles. The van der Waals surface area contributed by atoms with Crippen LogP contribution in [0.2, 0.25) is 0 Å². The number of rotatable bonds is 4. The molecule has 0 radical (unpaired) electrons. The largest absolute Gasteiger partial charge is 0.383 e. The summed E-state index contributed by atoms with van der Waals surface area (Å²) in [5.74, 6) is 0. The summed E-state index contributed by atoms with van der Waals surface area (Å²) in [5, 5.41) is 6.86. The average molecular weight is 130 g/mol. The van der Waals surface area contributed by atoms with E-state index >= 15 is 0 Å². The second kappa shape index (κ2) is 4.32. The predicted octanol–water partition coefficient (Wildman–Crippen LogP) is 0.560. The van der Waals surface area contributed by atoms with Crippen molar-refractivity contribution in [1.29, 1.82) is 5.41 Å². The molecule has 1 atom stereocenters. The molecule has 0 fully saturated rings. The first-order valence-electron chi connectivity index (χ1n) is 2.93. The van der Waals surface area contributed by atoms with Gasteiger partial charge in [-0.25, -0.2) is 0 Å². The van der Waals surface area contributed by atoms with E-state index in [0.717, 1.165) is 0 Å². The quantitative estimate of drug-likeness (QED) is 0.446. The summed E-state index contributed by atoms with van der Waals surface area (Å²) in [6.07, 6.45) is 1.30. The zero-order chi connectivity index (χ0) is 7.28. The molecule has 0 rings (SSSR count). The third-order valence-corrected chi connectivity index (χ3v) is 1.31. The molecule has 0 aliphatic rings. The van der Waals surface area contributed by atoms with E-state index in [1.807, 2.05) is 14.0 Å². The van der Waals surface area contributed by atoms with Crippen LogP contribution in [0.5, 0.6) is 0 Å². The fourth-order valence-corrected chi connectivity index (χ4v) is 0.486. The monoisotopic (exact) mass is 130 g/mol. The van der Waals surface area contributed by atoms with Crippen LogP contribution in [0.4, 0.5) is 0 Å². The number of nitrogens with zero attached hydrogens (tertiary/aromatic N) is 1. The molecule has 0 aromatic heterocycles. The molecular formula is C6H14N2O. The molecule has 3 nitrogen and oxygen atoms in total. The van der Waals surface area contributed by atoms with Crippen molar-refractivity contribution in [2.75, 3.05) is 20.8 Å². The Morgan fingerprint density at radius 1 is 1.78 bits per heavy atom. The van der Waals surface area contributed by atoms with E-state index in [9.17, 15) is 0 Å². The minimum absolute atomic E-state index is 0.299. The Balaban J connectivity index is 3.44. The Hall–Kier alpha value is -0.570. The van der Waals surface area contributed by atoms with Crippen LogP contribution in [0.1, 0.15) is 6.92 Å². The van der Waals surface area contributed by atoms with E-state index in [0.29, 0.717) is 12.6 Å². The van der Waals surface area contributed by atoms with Crippen LogP contribution >= 0.6 is 0 Å². The highest BCUT2D eigenvalue weighted by Crippen LogP contribution is 1.90. The third-order valence-electron chi connectivity index (χ3n) is 1.31. The van der Waals surface area contributed by atoms with Crippen LogP contribution in [-0.2, 0) is 4.74 Å². The van der Waals surface area contributed by atoms with Gasteiger partial charge in [-0.15, -0.1) is 0 Å². The van der Waals surface area contributed by atoms with Crippen LogP contribution in [-0.4, -0.2) is 38.0 Å². The predicted molar refractivity (Wildman–Crippen MR) is 37.9 cm³/mol. The first-order valence-corrected chi connectivity index (χ1v) is 2.93. The molecule has 0 bridgehead atoms. The van der Waals surface area contributed by atoms with Crippen molar-refractivity contribution in [3.63, 3.8) is 0 Å². The molecule has 0 aliphatic heterocycles. The number of ether oxygens (including phenoxy) is 1. The van der Waals surface area contributed by atoms with Crippen LogP contribution in [0.3, 0.4) is 0 Å². The van der Waals surface area contributed by atoms with E-state index < -0.39 is 0 Å². The van der Waals surface area contributed by atoms with Gasteiger partial charge >= 0.3 is 0 Å². The molecule has 0 saturated heterocycles. The van der Waals surface area contributed by atoms with Gasteiger partial charge in [0.2, 0.25) is 0 Å². The lowest BCUT2D eigenvalue weighted by atomic mass is 10.3. The number of methoxy groups -OCH3 is 1. The number of nitrogens with one attached hydrogen (secondary N) is 1. The van der Waals surface area contributed by atoms with Crippen molar-refractivity contribution in [3.8, 4) is 0 Å². The first kappa shape index (κ1) is 8.43. The molecule has 0 heterocycles. The molecule has 0 saturated carbocycles. The Kier molecular flexibility index (Phi) is 4.05. The molecule has 1 N–H and O–H groups in total. The highest BCUT2D eigenvalue weighted by molar-refractivity contribution is 5.50. The molecule has 0 spiro atoms. The fraction of sp³-hybridized carbons (Fsp3) is 0.833. The summed E-state index contributed by atoms with van der Waals surface area (Å²) in [7, 11) is 3.52. The van der Waals surface area contributed by atoms with Gasteiger partial charge in [0.25, 0.3) is 0 Å². The van der Waals surface area contributed by atoms with Crippen LogP contribution in [0.25, 0.3) is 0 Å². The minimum Gasteiger partial charge on any atom is -0.383 e. The van der Waals surface area contributed by atoms with Crippen LogP contribution in [0.15, 0.2) is 0 Å². The van der Waals surface area contributed by atoms with Crippen LogP contribution < -0.4 is 0 Å². The zero-order valence-corrected chi connectivity index (χ0v) is 6.22. The molecule has 0 aromatic rings. The normalized spacial score (nSPS) is 12.8. The molecule has 9 heavy (non-hydrogen) atoms. The van der Waals surface area contributed by atoms with Crippen LogP contribution in [0, 0.1) is 5.41 Å². The summed E-state index contributed by atoms with van der Waals surface area (Å²) in [5.41, 5.74) is 0. The van der Waals surface area contributed by atoms with Gasteiger partial charge in [-0.1, -0.05) is 0 Å².